The summed E-state index contributed by atoms with van der Waals surface area (Å²) < 4.78 is 0. The van der Waals surface area contributed by atoms with E-state index in [0.717, 1.165) is 0 Å². The highest BCUT2D eigenvalue weighted by atomic mass is 32.1. The van der Waals surface area contributed by atoms with E-state index < -0.39 is 0 Å². The summed E-state index contributed by atoms with van der Waals surface area (Å²) in [6.45, 7) is 4.00. The first-order chi connectivity index (χ1) is 4.83. The molecule has 0 saturated heterocycles. The van der Waals surface area contributed by atoms with Gasteiger partial charge in [-0.2, -0.15) is 0 Å². The molecule has 0 rings (SSSR count). The zero-order valence-corrected chi connectivity index (χ0v) is 7.34. The Morgan fingerprint density at radius 1 is 1.50 bits per heavy atom. The predicted octanol–water partition coefficient (Wildman–Crippen LogP) is 1.99. The zero-order valence-electron chi connectivity index (χ0n) is 5.70. The molecule has 0 aliphatic carbocycles. The molecule has 0 saturated carbocycles. The Bertz CT molecular complexity index is 165. The van der Waals surface area contributed by atoms with Gasteiger partial charge in [0.2, 0.25) is 0 Å². The molecule has 0 heterocycles. The molecule has 0 spiro atoms. The van der Waals surface area contributed by atoms with Crippen LogP contribution < -0.4 is 0 Å². The largest absolute Gasteiger partial charge is 0.236 e. The van der Waals surface area contributed by atoms with Crippen LogP contribution in [0, 0.1) is 0 Å². The molecule has 0 amide bonds. The summed E-state index contributed by atoms with van der Waals surface area (Å²) in [5, 5.41) is 4.34. The van der Waals surface area contributed by atoms with Gasteiger partial charge in [-0.05, 0) is 24.4 Å². The second kappa shape index (κ2) is 15.8. The van der Waals surface area contributed by atoms with Crippen molar-refractivity contribution in [2.75, 3.05) is 13.6 Å². The van der Waals surface area contributed by atoms with Gasteiger partial charge in [0.1, 0.15) is 0 Å². The van der Waals surface area contributed by atoms with E-state index in [1.165, 1.54) is 0 Å². The lowest BCUT2D eigenvalue weighted by Gasteiger charge is -1.65. The van der Waals surface area contributed by atoms with Crippen LogP contribution in [0.3, 0.4) is 0 Å². The van der Waals surface area contributed by atoms with Gasteiger partial charge in [0.25, 0.3) is 0 Å². The molecule has 0 fully saturated rings. The van der Waals surface area contributed by atoms with E-state index in [0.29, 0.717) is 6.54 Å². The van der Waals surface area contributed by atoms with Crippen molar-refractivity contribution in [3.05, 3.63) is 12.7 Å². The van der Waals surface area contributed by atoms with E-state index >= 15 is 0 Å². The molecular weight excluding hydrogens is 164 g/mol. The van der Waals surface area contributed by atoms with E-state index in [-0.39, 0.29) is 0 Å². The Morgan fingerprint density at radius 3 is 2.10 bits per heavy atom. The second-order valence-corrected chi connectivity index (χ2v) is 1.40. The molecule has 0 N–H and O–H groups in total. The minimum absolute atomic E-state index is 0.587. The van der Waals surface area contributed by atoms with Gasteiger partial charge in [-0.3, -0.25) is 0 Å². The third kappa shape index (κ3) is 26.4. The lowest BCUT2D eigenvalue weighted by atomic mass is 10.7. The highest BCUT2D eigenvalue weighted by Crippen LogP contribution is 1.62. The van der Waals surface area contributed by atoms with E-state index in [4.69, 9.17) is 0 Å². The van der Waals surface area contributed by atoms with Gasteiger partial charge in [-0.25, -0.2) is 9.98 Å². The summed E-state index contributed by atoms with van der Waals surface area (Å²) in [5.74, 6) is 0. The van der Waals surface area contributed by atoms with Crippen molar-refractivity contribution in [3.63, 3.8) is 0 Å². The Balaban J connectivity index is 0. The van der Waals surface area contributed by atoms with Crippen LogP contribution in [0.4, 0.5) is 0 Å². The third-order valence-corrected chi connectivity index (χ3v) is 0.688. The Labute approximate surface area is 71.4 Å². The van der Waals surface area contributed by atoms with Gasteiger partial charge in [-0.15, -0.1) is 6.58 Å². The van der Waals surface area contributed by atoms with Gasteiger partial charge >= 0.3 is 0 Å². The summed E-state index contributed by atoms with van der Waals surface area (Å²) >= 11 is 8.39. The second-order valence-electron chi connectivity index (χ2n) is 1.04. The highest BCUT2D eigenvalue weighted by molar-refractivity contribution is 7.78. The first-order valence-corrected chi connectivity index (χ1v) is 3.25. The minimum atomic E-state index is 0.587. The van der Waals surface area contributed by atoms with E-state index in [1.54, 1.807) is 13.1 Å². The first kappa shape index (κ1) is 12.1. The number of nitrogens with zero attached hydrogens (tertiary/aromatic N) is 2. The molecular formula is C6H8N2S2. The zero-order chi connectivity index (χ0) is 8.24. The van der Waals surface area contributed by atoms with E-state index in [9.17, 15) is 0 Å². The molecule has 0 aliphatic rings. The SMILES string of the molecule is C=CCN=C=S.CN=C=S. The van der Waals surface area contributed by atoms with Crippen LogP contribution in [0.25, 0.3) is 0 Å². The fourth-order valence-electron chi connectivity index (χ4n) is 0.102. The van der Waals surface area contributed by atoms with Crippen molar-refractivity contribution in [1.82, 2.24) is 0 Å². The first-order valence-electron chi connectivity index (χ1n) is 2.44. The van der Waals surface area contributed by atoms with E-state index in [1.807, 2.05) is 0 Å². The van der Waals surface area contributed by atoms with Crippen LogP contribution in [0.1, 0.15) is 0 Å². The van der Waals surface area contributed by atoms with E-state index in [2.05, 4.69) is 51.3 Å². The van der Waals surface area contributed by atoms with Gasteiger partial charge in [0.05, 0.1) is 16.9 Å². The molecule has 2 nitrogen and oxygen atoms in total. The molecule has 4 heteroatoms. The average Bonchev–Trinajstić information content (AvgIpc) is 2.01. The normalized spacial score (nSPS) is 5.30. The van der Waals surface area contributed by atoms with Gasteiger partial charge in [0.15, 0.2) is 0 Å². The minimum Gasteiger partial charge on any atom is -0.236 e. The van der Waals surface area contributed by atoms with Crippen molar-refractivity contribution in [2.45, 2.75) is 0 Å². The molecule has 0 aromatic carbocycles. The molecule has 0 bridgehead atoms. The smallest absolute Gasteiger partial charge is 0.0671 e. The van der Waals surface area contributed by atoms with Crippen LogP contribution in [0.15, 0.2) is 22.6 Å². The summed E-state index contributed by atoms with van der Waals surface area (Å²) in [7, 11) is 1.59. The maximum absolute atomic E-state index is 4.25. The maximum atomic E-state index is 4.25. The van der Waals surface area contributed by atoms with Crippen LogP contribution in [0.5, 0.6) is 0 Å². The lowest BCUT2D eigenvalue weighted by Crippen LogP contribution is -1.61. The lowest BCUT2D eigenvalue weighted by molar-refractivity contribution is 1.27. The molecule has 0 aromatic rings. The number of hydrogen-bond donors (Lipinski definition) is 0. The number of thiocarbonyl (C=S) groups is 2. The Kier molecular flexibility index (Phi) is 19.0. The van der Waals surface area contributed by atoms with Crippen LogP contribution in [0.2, 0.25) is 0 Å². The molecule has 0 aliphatic heterocycles. The fraction of sp³-hybridized carbons (Fsp3) is 0.333. The standard InChI is InChI=1S/C4H5NS.C2H3NS/c1-2-3-5-4-6;1-3-2-4/h2H,1,3H2;1H3. The summed E-state index contributed by atoms with van der Waals surface area (Å²) in [6.07, 6.45) is 1.67. The number of hydrogen-bond acceptors (Lipinski definition) is 4. The molecule has 0 aromatic heterocycles. The average molecular weight is 172 g/mol. The molecule has 0 unspecified atom stereocenters. The summed E-state index contributed by atoms with van der Waals surface area (Å²) in [5.41, 5.74) is 0. The fourth-order valence-corrected chi connectivity index (χ4v) is 0.176. The maximum Gasteiger partial charge on any atom is 0.0671 e. The summed E-state index contributed by atoms with van der Waals surface area (Å²) in [6, 6.07) is 0. The quantitative estimate of drug-likeness (QED) is 0.361. The topological polar surface area (TPSA) is 24.7 Å². The highest BCUT2D eigenvalue weighted by Gasteiger charge is 1.56. The molecule has 10 heavy (non-hydrogen) atoms. The van der Waals surface area contributed by atoms with Crippen molar-refractivity contribution in [1.29, 1.82) is 0 Å². The Hall–Kier alpha value is -0.660. The third-order valence-electron chi connectivity index (χ3n) is 0.376. The summed E-state index contributed by atoms with van der Waals surface area (Å²) in [4.78, 5) is 6.84. The molecule has 0 atom stereocenters. The van der Waals surface area contributed by atoms with Gasteiger partial charge < -0.3 is 0 Å². The van der Waals surface area contributed by atoms with Crippen LogP contribution in [-0.2, 0) is 0 Å². The van der Waals surface area contributed by atoms with Gasteiger partial charge in [-0.1, -0.05) is 6.08 Å². The number of rotatable bonds is 2. The molecule has 0 radical (unpaired) electrons. The Morgan fingerprint density at radius 2 is 2.00 bits per heavy atom. The molecule has 54 valence electrons. The predicted molar refractivity (Wildman–Crippen MR) is 51.0 cm³/mol. The van der Waals surface area contributed by atoms with Crippen molar-refractivity contribution < 1.29 is 0 Å². The van der Waals surface area contributed by atoms with Crippen LogP contribution >= 0.6 is 24.4 Å². The number of aliphatic imine (C=N–C) groups is 2. The monoisotopic (exact) mass is 172 g/mol. The van der Waals surface area contributed by atoms with Gasteiger partial charge in [0, 0.05) is 7.05 Å². The van der Waals surface area contributed by atoms with Crippen molar-refractivity contribution in [3.8, 4) is 0 Å². The van der Waals surface area contributed by atoms with Crippen LogP contribution in [-0.4, -0.2) is 23.9 Å². The van der Waals surface area contributed by atoms with Crippen molar-refractivity contribution in [2.24, 2.45) is 9.98 Å². The number of isothiocyanates is 2. The van der Waals surface area contributed by atoms with Crippen molar-refractivity contribution >= 4 is 34.8 Å².